The van der Waals surface area contributed by atoms with E-state index in [1.54, 1.807) is 35.2 Å². The number of amides is 2. The molecule has 1 fully saturated rings. The Labute approximate surface area is 166 Å². The third kappa shape index (κ3) is 4.87. The number of hydrogen-bond acceptors (Lipinski definition) is 5. The molecule has 1 aliphatic heterocycles. The molecule has 2 heterocycles. The Morgan fingerprint density at radius 1 is 1.30 bits per heavy atom. The average Bonchev–Trinajstić information content (AvgIpc) is 3.17. The standard InChI is InChI=1S/C19H19ClN2O4S/c1-12(23)26-14-4-2-8-22(11-14)19(25)13-6-7-15(20)16(10-13)21-18(24)17-5-3-9-27-17/h3,5-7,9-10,14H,2,4,8,11H2,1H3,(H,21,24)/t14-/m0/s1. The number of anilines is 1. The first-order valence-corrected chi connectivity index (χ1v) is 9.80. The summed E-state index contributed by atoms with van der Waals surface area (Å²) in [7, 11) is 0. The van der Waals surface area contributed by atoms with Crippen LogP contribution >= 0.6 is 22.9 Å². The second kappa shape index (κ2) is 8.54. The quantitative estimate of drug-likeness (QED) is 0.783. The molecular formula is C19H19ClN2O4S. The number of hydrogen-bond donors (Lipinski definition) is 1. The molecule has 1 aromatic carbocycles. The van der Waals surface area contributed by atoms with Crippen molar-refractivity contribution in [1.82, 2.24) is 4.90 Å². The van der Waals surface area contributed by atoms with Gasteiger partial charge in [0.05, 0.1) is 22.1 Å². The number of halogens is 1. The average molecular weight is 407 g/mol. The monoisotopic (exact) mass is 406 g/mol. The van der Waals surface area contributed by atoms with Gasteiger partial charge in [-0.25, -0.2) is 0 Å². The predicted molar refractivity (Wildman–Crippen MR) is 104 cm³/mol. The lowest BCUT2D eigenvalue weighted by Crippen LogP contribution is -2.43. The van der Waals surface area contributed by atoms with Gasteiger partial charge in [0, 0.05) is 19.0 Å². The minimum Gasteiger partial charge on any atom is -0.461 e. The van der Waals surface area contributed by atoms with E-state index in [0.717, 1.165) is 12.8 Å². The van der Waals surface area contributed by atoms with Crippen LogP contribution in [0.15, 0.2) is 35.7 Å². The van der Waals surface area contributed by atoms with Crippen LogP contribution in [-0.4, -0.2) is 41.9 Å². The third-order valence-electron chi connectivity index (χ3n) is 4.20. The zero-order valence-corrected chi connectivity index (χ0v) is 16.3. The highest BCUT2D eigenvalue weighted by atomic mass is 35.5. The van der Waals surface area contributed by atoms with Crippen LogP contribution in [0.5, 0.6) is 0 Å². The van der Waals surface area contributed by atoms with Gasteiger partial charge in [0.25, 0.3) is 11.8 Å². The van der Waals surface area contributed by atoms with E-state index in [9.17, 15) is 14.4 Å². The molecule has 2 amide bonds. The summed E-state index contributed by atoms with van der Waals surface area (Å²) < 4.78 is 5.23. The highest BCUT2D eigenvalue weighted by Gasteiger charge is 2.26. The molecule has 8 heteroatoms. The number of rotatable bonds is 4. The molecule has 1 aromatic heterocycles. The molecule has 0 aliphatic carbocycles. The fourth-order valence-electron chi connectivity index (χ4n) is 2.98. The summed E-state index contributed by atoms with van der Waals surface area (Å²) >= 11 is 7.50. The van der Waals surface area contributed by atoms with Crippen molar-refractivity contribution in [2.24, 2.45) is 0 Å². The van der Waals surface area contributed by atoms with Crippen molar-refractivity contribution < 1.29 is 19.1 Å². The molecule has 1 atom stereocenters. The van der Waals surface area contributed by atoms with Crippen LogP contribution < -0.4 is 5.32 Å². The van der Waals surface area contributed by atoms with Gasteiger partial charge in [0.1, 0.15) is 6.10 Å². The molecule has 0 bridgehead atoms. The van der Waals surface area contributed by atoms with Crippen LogP contribution in [0, 0.1) is 0 Å². The first-order chi connectivity index (χ1) is 12.9. The number of ether oxygens (including phenoxy) is 1. The second-order valence-electron chi connectivity index (χ2n) is 6.25. The maximum atomic E-state index is 12.8. The Bertz CT molecular complexity index is 853. The molecular weight excluding hydrogens is 388 g/mol. The summed E-state index contributed by atoms with van der Waals surface area (Å²) in [6.45, 7) is 2.32. The van der Waals surface area contributed by atoms with E-state index in [4.69, 9.17) is 16.3 Å². The van der Waals surface area contributed by atoms with Gasteiger partial charge in [-0.05, 0) is 42.5 Å². The zero-order valence-electron chi connectivity index (χ0n) is 14.7. The fourth-order valence-corrected chi connectivity index (χ4v) is 3.77. The molecule has 1 saturated heterocycles. The summed E-state index contributed by atoms with van der Waals surface area (Å²) in [5, 5.41) is 4.91. The van der Waals surface area contributed by atoms with Crippen LogP contribution in [0.1, 0.15) is 39.8 Å². The normalized spacial score (nSPS) is 16.7. The predicted octanol–water partition coefficient (Wildman–Crippen LogP) is 3.82. The largest absolute Gasteiger partial charge is 0.461 e. The SMILES string of the molecule is CC(=O)O[C@H]1CCCN(C(=O)c2ccc(Cl)c(NC(=O)c3cccs3)c2)C1. The highest BCUT2D eigenvalue weighted by molar-refractivity contribution is 7.12. The third-order valence-corrected chi connectivity index (χ3v) is 5.40. The Kier molecular flexibility index (Phi) is 6.13. The summed E-state index contributed by atoms with van der Waals surface area (Å²) in [5.74, 6) is -0.807. The lowest BCUT2D eigenvalue weighted by molar-refractivity contribution is -0.148. The lowest BCUT2D eigenvalue weighted by Gasteiger charge is -2.32. The van der Waals surface area contributed by atoms with Gasteiger partial charge in [-0.15, -0.1) is 11.3 Å². The molecule has 0 unspecified atom stereocenters. The summed E-state index contributed by atoms with van der Waals surface area (Å²) in [5.41, 5.74) is 0.804. The highest BCUT2D eigenvalue weighted by Crippen LogP contribution is 2.26. The molecule has 3 rings (SSSR count). The van der Waals surface area contributed by atoms with E-state index in [-0.39, 0.29) is 23.9 Å². The smallest absolute Gasteiger partial charge is 0.302 e. The van der Waals surface area contributed by atoms with Gasteiger partial charge in [-0.3, -0.25) is 14.4 Å². The van der Waals surface area contributed by atoms with Crippen molar-refractivity contribution in [3.8, 4) is 0 Å². The maximum absolute atomic E-state index is 12.8. The van der Waals surface area contributed by atoms with Crippen molar-refractivity contribution in [2.75, 3.05) is 18.4 Å². The molecule has 1 N–H and O–H groups in total. The minimum atomic E-state index is -0.348. The van der Waals surface area contributed by atoms with Gasteiger partial charge >= 0.3 is 5.97 Å². The number of esters is 1. The zero-order chi connectivity index (χ0) is 19.4. The van der Waals surface area contributed by atoms with Crippen molar-refractivity contribution >= 4 is 46.4 Å². The first-order valence-electron chi connectivity index (χ1n) is 8.55. The Balaban J connectivity index is 1.73. The first kappa shape index (κ1) is 19.4. The number of thiophene rings is 1. The number of likely N-dealkylation sites (tertiary alicyclic amines) is 1. The number of piperidine rings is 1. The van der Waals surface area contributed by atoms with Crippen molar-refractivity contribution in [2.45, 2.75) is 25.9 Å². The molecule has 0 saturated carbocycles. The van der Waals surface area contributed by atoms with Crippen molar-refractivity contribution in [1.29, 1.82) is 0 Å². The number of nitrogens with zero attached hydrogens (tertiary/aromatic N) is 1. The van der Waals surface area contributed by atoms with E-state index in [2.05, 4.69) is 5.32 Å². The molecule has 1 aliphatic rings. The molecule has 2 aromatic rings. The van der Waals surface area contributed by atoms with Crippen molar-refractivity contribution in [3.63, 3.8) is 0 Å². The Morgan fingerprint density at radius 2 is 2.11 bits per heavy atom. The van der Waals surface area contributed by atoms with Gasteiger partial charge in [0.15, 0.2) is 0 Å². The van der Waals surface area contributed by atoms with Gasteiger partial charge in [-0.1, -0.05) is 17.7 Å². The van der Waals surface area contributed by atoms with Crippen molar-refractivity contribution in [3.05, 3.63) is 51.2 Å². The van der Waals surface area contributed by atoms with Gasteiger partial charge < -0.3 is 15.0 Å². The van der Waals surface area contributed by atoms with E-state index >= 15 is 0 Å². The number of benzene rings is 1. The lowest BCUT2D eigenvalue weighted by atomic mass is 10.1. The molecule has 6 nitrogen and oxygen atoms in total. The molecule has 0 radical (unpaired) electrons. The van der Waals surface area contributed by atoms with Crippen LogP contribution in [0.25, 0.3) is 0 Å². The van der Waals surface area contributed by atoms with Gasteiger partial charge in [-0.2, -0.15) is 0 Å². The van der Waals surface area contributed by atoms with E-state index in [0.29, 0.717) is 34.2 Å². The summed E-state index contributed by atoms with van der Waals surface area (Å²) in [6.07, 6.45) is 1.22. The molecule has 27 heavy (non-hydrogen) atoms. The molecule has 0 spiro atoms. The minimum absolute atomic E-state index is 0.185. The Hall–Kier alpha value is -2.38. The second-order valence-corrected chi connectivity index (χ2v) is 7.61. The van der Waals surface area contributed by atoms with E-state index < -0.39 is 0 Å². The van der Waals surface area contributed by atoms with Crippen LogP contribution in [0.4, 0.5) is 5.69 Å². The van der Waals surface area contributed by atoms with E-state index in [1.807, 2.05) is 5.38 Å². The van der Waals surface area contributed by atoms with Gasteiger partial charge in [0.2, 0.25) is 0 Å². The van der Waals surface area contributed by atoms with Crippen LogP contribution in [0.2, 0.25) is 5.02 Å². The number of carbonyl (C=O) groups is 3. The number of nitrogens with one attached hydrogen (secondary N) is 1. The topological polar surface area (TPSA) is 75.7 Å². The fraction of sp³-hybridized carbons (Fsp3) is 0.316. The van der Waals surface area contributed by atoms with E-state index in [1.165, 1.54) is 18.3 Å². The van der Waals surface area contributed by atoms with Crippen LogP contribution in [0.3, 0.4) is 0 Å². The Morgan fingerprint density at radius 3 is 2.81 bits per heavy atom. The molecule has 142 valence electrons. The number of carbonyl (C=O) groups excluding carboxylic acids is 3. The maximum Gasteiger partial charge on any atom is 0.302 e. The summed E-state index contributed by atoms with van der Waals surface area (Å²) in [4.78, 5) is 38.5. The van der Waals surface area contributed by atoms with Crippen LogP contribution in [-0.2, 0) is 9.53 Å². The summed E-state index contributed by atoms with van der Waals surface area (Å²) in [6, 6.07) is 8.29.